The molecular formula is C19H23FIN5S. The van der Waals surface area contributed by atoms with E-state index in [0.29, 0.717) is 0 Å². The molecule has 0 amide bonds. The number of benzene rings is 1. The fraction of sp³-hybridized carbons (Fsp3) is 0.263. The lowest BCUT2D eigenvalue weighted by Gasteiger charge is -2.10. The highest BCUT2D eigenvalue weighted by Crippen LogP contribution is 2.09. The van der Waals surface area contributed by atoms with Gasteiger partial charge in [-0.05, 0) is 48.2 Å². The molecule has 0 unspecified atom stereocenters. The minimum atomic E-state index is -0.247. The summed E-state index contributed by atoms with van der Waals surface area (Å²) in [6, 6.07) is 12.5. The minimum absolute atomic E-state index is 0. The molecule has 0 spiro atoms. The van der Waals surface area contributed by atoms with Crippen LogP contribution < -0.4 is 10.6 Å². The maximum absolute atomic E-state index is 13.0. The zero-order valence-corrected chi connectivity index (χ0v) is 18.2. The number of aromatic nitrogens is 2. The van der Waals surface area contributed by atoms with E-state index < -0.39 is 0 Å². The number of thiophene rings is 1. The number of hydrogen-bond donors (Lipinski definition) is 2. The van der Waals surface area contributed by atoms with Crippen molar-refractivity contribution in [1.29, 1.82) is 0 Å². The highest BCUT2D eigenvalue weighted by atomic mass is 127. The third kappa shape index (κ3) is 6.62. The van der Waals surface area contributed by atoms with E-state index in [1.54, 1.807) is 35.2 Å². The van der Waals surface area contributed by atoms with E-state index in [4.69, 9.17) is 0 Å². The lowest BCUT2D eigenvalue weighted by Crippen LogP contribution is -2.39. The number of halogens is 2. The van der Waals surface area contributed by atoms with Crippen molar-refractivity contribution < 1.29 is 4.39 Å². The van der Waals surface area contributed by atoms with Crippen LogP contribution in [0.15, 0.2) is 59.0 Å². The molecule has 3 aromatic rings. The average molecular weight is 499 g/mol. The van der Waals surface area contributed by atoms with Gasteiger partial charge in [-0.2, -0.15) is 5.10 Å². The zero-order valence-electron chi connectivity index (χ0n) is 15.1. The molecule has 0 bridgehead atoms. The Balaban J connectivity index is 0.00000261. The largest absolute Gasteiger partial charge is 0.356 e. The highest BCUT2D eigenvalue weighted by molar-refractivity contribution is 14.0. The van der Waals surface area contributed by atoms with Crippen LogP contribution in [-0.2, 0) is 12.8 Å². The summed E-state index contributed by atoms with van der Waals surface area (Å²) < 4.78 is 14.8. The molecule has 144 valence electrons. The Morgan fingerprint density at radius 1 is 1.11 bits per heavy atom. The molecule has 1 aromatic carbocycles. The van der Waals surface area contributed by atoms with Gasteiger partial charge in [0.1, 0.15) is 5.82 Å². The highest BCUT2D eigenvalue weighted by Gasteiger charge is 2.03. The number of hydrogen-bond acceptors (Lipinski definition) is 3. The van der Waals surface area contributed by atoms with Gasteiger partial charge in [0, 0.05) is 37.6 Å². The van der Waals surface area contributed by atoms with E-state index >= 15 is 0 Å². The predicted octanol–water partition coefficient (Wildman–Crippen LogP) is 3.64. The molecule has 27 heavy (non-hydrogen) atoms. The number of nitrogens with zero attached hydrogens (tertiary/aromatic N) is 3. The van der Waals surface area contributed by atoms with Crippen molar-refractivity contribution >= 4 is 41.3 Å². The van der Waals surface area contributed by atoms with Crippen LogP contribution in [0.3, 0.4) is 0 Å². The Morgan fingerprint density at radius 3 is 2.52 bits per heavy atom. The number of rotatable bonds is 7. The maximum atomic E-state index is 13.0. The Hall–Kier alpha value is -1.94. The number of nitrogens with one attached hydrogen (secondary N) is 2. The van der Waals surface area contributed by atoms with E-state index in [1.807, 2.05) is 12.3 Å². The molecule has 2 heterocycles. The van der Waals surface area contributed by atoms with Gasteiger partial charge < -0.3 is 10.6 Å². The summed E-state index contributed by atoms with van der Waals surface area (Å²) >= 11 is 1.77. The average Bonchev–Trinajstić information content (AvgIpc) is 3.33. The van der Waals surface area contributed by atoms with E-state index in [9.17, 15) is 4.39 Å². The maximum Gasteiger partial charge on any atom is 0.191 e. The standard InChI is InChI=1S/C19H22FN5S.HI/c1-21-19(23-12-9-18-3-2-14-26-18)22-11-8-16-10-13-25(24-16)17-6-4-15(20)5-7-17;/h2-7,10,13-14H,8-9,11-12H2,1H3,(H2,21,22,23);1H. The Morgan fingerprint density at radius 2 is 1.85 bits per heavy atom. The first-order valence-corrected chi connectivity index (χ1v) is 9.40. The van der Waals surface area contributed by atoms with Crippen LogP contribution in [0.5, 0.6) is 0 Å². The summed E-state index contributed by atoms with van der Waals surface area (Å²) in [5, 5.41) is 13.2. The molecule has 3 rings (SSSR count). The van der Waals surface area contributed by atoms with Crippen LogP contribution in [0.4, 0.5) is 4.39 Å². The van der Waals surface area contributed by atoms with E-state index in [-0.39, 0.29) is 29.8 Å². The van der Waals surface area contributed by atoms with Crippen molar-refractivity contribution in [2.45, 2.75) is 12.8 Å². The van der Waals surface area contributed by atoms with E-state index in [1.165, 1.54) is 17.0 Å². The van der Waals surface area contributed by atoms with Crippen LogP contribution >= 0.6 is 35.3 Å². The first-order chi connectivity index (χ1) is 12.7. The lowest BCUT2D eigenvalue weighted by atomic mass is 10.3. The third-order valence-corrected chi connectivity index (χ3v) is 4.81. The van der Waals surface area contributed by atoms with Gasteiger partial charge in [0.2, 0.25) is 0 Å². The number of aliphatic imine (C=N–C) groups is 1. The Kier molecular flexibility index (Phi) is 8.73. The van der Waals surface area contributed by atoms with Crippen molar-refractivity contribution in [2.24, 2.45) is 4.99 Å². The van der Waals surface area contributed by atoms with Gasteiger partial charge >= 0.3 is 0 Å². The van der Waals surface area contributed by atoms with Crippen LogP contribution in [-0.4, -0.2) is 35.9 Å². The molecule has 0 saturated carbocycles. The minimum Gasteiger partial charge on any atom is -0.356 e. The summed E-state index contributed by atoms with van der Waals surface area (Å²) in [6.07, 6.45) is 3.65. The summed E-state index contributed by atoms with van der Waals surface area (Å²) in [6.45, 7) is 1.58. The van der Waals surface area contributed by atoms with Gasteiger partial charge in [0.05, 0.1) is 11.4 Å². The first-order valence-electron chi connectivity index (χ1n) is 8.52. The summed E-state index contributed by atoms with van der Waals surface area (Å²) in [5.41, 5.74) is 1.81. The SMILES string of the molecule is CN=C(NCCc1ccn(-c2ccc(F)cc2)n1)NCCc1cccs1.I. The molecule has 8 heteroatoms. The topological polar surface area (TPSA) is 54.2 Å². The third-order valence-electron chi connectivity index (χ3n) is 3.88. The van der Waals surface area contributed by atoms with Crippen molar-refractivity contribution in [3.63, 3.8) is 0 Å². The molecule has 0 aliphatic carbocycles. The molecule has 2 aromatic heterocycles. The molecule has 2 N–H and O–H groups in total. The fourth-order valence-corrected chi connectivity index (χ4v) is 3.23. The van der Waals surface area contributed by atoms with Gasteiger partial charge in [0.15, 0.2) is 5.96 Å². The predicted molar refractivity (Wildman–Crippen MR) is 120 cm³/mol. The molecule has 0 atom stereocenters. The molecular weight excluding hydrogens is 476 g/mol. The van der Waals surface area contributed by atoms with Crippen LogP contribution in [0.2, 0.25) is 0 Å². The summed E-state index contributed by atoms with van der Waals surface area (Å²) in [5.74, 6) is 0.544. The zero-order chi connectivity index (χ0) is 18.2. The van der Waals surface area contributed by atoms with Crippen LogP contribution in [0.25, 0.3) is 5.69 Å². The second-order valence-electron chi connectivity index (χ2n) is 5.73. The van der Waals surface area contributed by atoms with Gasteiger partial charge in [-0.25, -0.2) is 9.07 Å². The van der Waals surface area contributed by atoms with E-state index in [0.717, 1.165) is 43.3 Å². The van der Waals surface area contributed by atoms with Gasteiger partial charge in [-0.1, -0.05) is 6.07 Å². The van der Waals surface area contributed by atoms with Crippen molar-refractivity contribution in [3.05, 3.63) is 70.4 Å². The monoisotopic (exact) mass is 499 g/mol. The molecule has 0 aliphatic heterocycles. The molecule has 0 radical (unpaired) electrons. The normalized spacial score (nSPS) is 11.1. The second kappa shape index (κ2) is 11.0. The number of guanidine groups is 1. The van der Waals surface area contributed by atoms with Crippen LogP contribution in [0.1, 0.15) is 10.6 Å². The molecule has 0 saturated heterocycles. The van der Waals surface area contributed by atoms with Crippen molar-refractivity contribution in [1.82, 2.24) is 20.4 Å². The molecule has 0 aliphatic rings. The second-order valence-corrected chi connectivity index (χ2v) is 6.77. The van der Waals surface area contributed by atoms with Crippen molar-refractivity contribution in [2.75, 3.05) is 20.1 Å². The van der Waals surface area contributed by atoms with Gasteiger partial charge in [-0.15, -0.1) is 35.3 Å². The lowest BCUT2D eigenvalue weighted by molar-refractivity contribution is 0.627. The first kappa shape index (κ1) is 21.4. The summed E-state index contributed by atoms with van der Waals surface area (Å²) in [7, 11) is 1.77. The van der Waals surface area contributed by atoms with Crippen LogP contribution in [0, 0.1) is 5.82 Å². The quantitative estimate of drug-likeness (QED) is 0.297. The summed E-state index contributed by atoms with van der Waals surface area (Å²) in [4.78, 5) is 5.60. The Bertz CT molecular complexity index is 830. The smallest absolute Gasteiger partial charge is 0.191 e. The van der Waals surface area contributed by atoms with Gasteiger partial charge in [0.25, 0.3) is 0 Å². The van der Waals surface area contributed by atoms with Crippen molar-refractivity contribution in [3.8, 4) is 5.69 Å². The fourth-order valence-electron chi connectivity index (χ4n) is 2.52. The Labute approximate surface area is 179 Å². The van der Waals surface area contributed by atoms with E-state index in [2.05, 4.69) is 38.2 Å². The van der Waals surface area contributed by atoms with Gasteiger partial charge in [-0.3, -0.25) is 4.99 Å². The molecule has 5 nitrogen and oxygen atoms in total. The molecule has 0 fully saturated rings.